The fourth-order valence-corrected chi connectivity index (χ4v) is 1.10. The van der Waals surface area contributed by atoms with Crippen molar-refractivity contribution >= 4 is 11.6 Å². The zero-order valence-electron chi connectivity index (χ0n) is 8.16. The van der Waals surface area contributed by atoms with Crippen molar-refractivity contribution in [2.24, 2.45) is 5.73 Å². The largest absolute Gasteiger partial charge is 0.489 e. The van der Waals surface area contributed by atoms with Gasteiger partial charge >= 0.3 is 0 Å². The fraction of sp³-hybridized carbons (Fsp3) is 0.273. The number of hydrogen-bond donors (Lipinski definition) is 1. The molecule has 0 fully saturated rings. The van der Waals surface area contributed by atoms with Gasteiger partial charge in [-0.2, -0.15) is 0 Å². The predicted octanol–water partition coefficient (Wildman–Crippen LogP) is 2.67. The van der Waals surface area contributed by atoms with Gasteiger partial charge in [-0.05, 0) is 18.6 Å². The summed E-state index contributed by atoms with van der Waals surface area (Å²) in [6.07, 6.45) is 0. The van der Waals surface area contributed by atoms with Crippen LogP contribution in [-0.2, 0) is 6.54 Å². The Kier molecular flexibility index (Phi) is 4.50. The monoisotopic (exact) mass is 211 g/mol. The highest BCUT2D eigenvalue weighted by Gasteiger charge is 2.00. The van der Waals surface area contributed by atoms with Crippen LogP contribution in [0.1, 0.15) is 12.5 Å². The molecule has 2 N–H and O–H groups in total. The highest BCUT2D eigenvalue weighted by atomic mass is 35.5. The summed E-state index contributed by atoms with van der Waals surface area (Å²) in [7, 11) is 0. The Morgan fingerprint density at radius 1 is 1.50 bits per heavy atom. The fourth-order valence-electron chi connectivity index (χ4n) is 1.04. The van der Waals surface area contributed by atoms with Gasteiger partial charge in [0.15, 0.2) is 0 Å². The summed E-state index contributed by atoms with van der Waals surface area (Å²) in [6, 6.07) is 7.73. The van der Waals surface area contributed by atoms with Crippen LogP contribution in [0.5, 0.6) is 5.75 Å². The predicted molar refractivity (Wildman–Crippen MR) is 59.4 cm³/mol. The first-order valence-electron chi connectivity index (χ1n) is 4.44. The summed E-state index contributed by atoms with van der Waals surface area (Å²) in [4.78, 5) is 0. The first-order valence-corrected chi connectivity index (χ1v) is 4.88. The van der Waals surface area contributed by atoms with Crippen LogP contribution in [0.3, 0.4) is 0 Å². The van der Waals surface area contributed by atoms with Gasteiger partial charge in [0.05, 0.1) is 0 Å². The summed E-state index contributed by atoms with van der Waals surface area (Å²) in [6.45, 7) is 2.90. The van der Waals surface area contributed by atoms with E-state index in [9.17, 15) is 0 Å². The first kappa shape index (κ1) is 11.1. The molecule has 1 aromatic rings. The van der Waals surface area contributed by atoms with E-state index in [4.69, 9.17) is 22.1 Å². The second kappa shape index (κ2) is 5.68. The van der Waals surface area contributed by atoms with E-state index in [1.54, 1.807) is 0 Å². The van der Waals surface area contributed by atoms with Crippen molar-refractivity contribution < 1.29 is 4.74 Å². The van der Waals surface area contributed by atoms with E-state index in [1.165, 1.54) is 5.54 Å². The van der Waals surface area contributed by atoms with Crippen LogP contribution in [-0.4, -0.2) is 6.61 Å². The molecular weight excluding hydrogens is 198 g/mol. The molecule has 0 heterocycles. The Bertz CT molecular complexity index is 323. The third-order valence-corrected chi connectivity index (χ3v) is 2.21. The van der Waals surface area contributed by atoms with E-state index in [0.29, 0.717) is 13.2 Å². The van der Waals surface area contributed by atoms with Gasteiger partial charge in [-0.3, -0.25) is 0 Å². The normalized spacial score (nSPS) is 11.5. The topological polar surface area (TPSA) is 35.2 Å². The van der Waals surface area contributed by atoms with Crippen molar-refractivity contribution in [2.75, 3.05) is 6.61 Å². The van der Waals surface area contributed by atoms with Crippen LogP contribution in [0.2, 0.25) is 0 Å². The van der Waals surface area contributed by atoms with Crippen molar-refractivity contribution in [1.82, 2.24) is 0 Å². The van der Waals surface area contributed by atoms with Gasteiger partial charge in [0.1, 0.15) is 12.4 Å². The van der Waals surface area contributed by atoms with E-state index in [-0.39, 0.29) is 0 Å². The number of halogens is 1. The Morgan fingerprint density at radius 3 is 2.86 bits per heavy atom. The summed E-state index contributed by atoms with van der Waals surface area (Å²) in [5, 5.41) is 0. The Hall–Kier alpha value is -0.990. The number of ether oxygens (including phenoxy) is 1. The van der Waals surface area contributed by atoms with Crippen molar-refractivity contribution in [2.45, 2.75) is 13.5 Å². The third-order valence-electron chi connectivity index (χ3n) is 1.83. The number of nitrogens with two attached hydrogens (primary N) is 1. The Morgan fingerprint density at radius 2 is 2.21 bits per heavy atom. The minimum absolute atomic E-state index is 0.486. The molecule has 0 saturated carbocycles. The van der Waals surface area contributed by atoms with Gasteiger partial charge in [0, 0.05) is 17.6 Å². The molecule has 3 heteroatoms. The average molecular weight is 212 g/mol. The Labute approximate surface area is 89.3 Å². The number of rotatable bonds is 4. The average Bonchev–Trinajstić information content (AvgIpc) is 2.26. The smallest absolute Gasteiger partial charge is 0.124 e. The van der Waals surface area contributed by atoms with E-state index >= 15 is 0 Å². The molecule has 14 heavy (non-hydrogen) atoms. The number of hydrogen-bond acceptors (Lipinski definition) is 2. The molecule has 1 rings (SSSR count). The molecule has 0 aliphatic carbocycles. The lowest BCUT2D eigenvalue weighted by Gasteiger charge is -2.09. The molecule has 76 valence electrons. The van der Waals surface area contributed by atoms with Crippen LogP contribution < -0.4 is 10.5 Å². The van der Waals surface area contributed by atoms with E-state index < -0.39 is 0 Å². The molecule has 0 aromatic heterocycles. The van der Waals surface area contributed by atoms with E-state index in [1.807, 2.05) is 31.2 Å². The van der Waals surface area contributed by atoms with Crippen LogP contribution in [0.25, 0.3) is 0 Å². The number of para-hydroxylation sites is 1. The molecular formula is C11H14ClNO. The standard InChI is InChI=1S/C11H14ClNO/c1-9(6-12)8-14-11-5-3-2-4-10(11)7-13/h2-6H,7-8,13H2,1H3/b9-6-. The maximum atomic E-state index is 5.57. The molecule has 0 radical (unpaired) electrons. The molecule has 0 unspecified atom stereocenters. The lowest BCUT2D eigenvalue weighted by Crippen LogP contribution is -2.04. The van der Waals surface area contributed by atoms with Crippen molar-refractivity contribution in [3.05, 3.63) is 40.9 Å². The van der Waals surface area contributed by atoms with E-state index in [0.717, 1.165) is 16.9 Å². The molecule has 0 spiro atoms. The summed E-state index contributed by atoms with van der Waals surface area (Å²) in [5.41, 5.74) is 9.08. The summed E-state index contributed by atoms with van der Waals surface area (Å²) in [5.74, 6) is 0.827. The van der Waals surface area contributed by atoms with Gasteiger partial charge in [-0.1, -0.05) is 29.8 Å². The first-order chi connectivity index (χ1) is 6.77. The molecule has 0 aliphatic rings. The minimum Gasteiger partial charge on any atom is -0.489 e. The van der Waals surface area contributed by atoms with Crippen LogP contribution in [0, 0.1) is 0 Å². The van der Waals surface area contributed by atoms with Crippen molar-refractivity contribution in [1.29, 1.82) is 0 Å². The zero-order valence-corrected chi connectivity index (χ0v) is 8.92. The van der Waals surface area contributed by atoms with Crippen LogP contribution in [0.4, 0.5) is 0 Å². The molecule has 1 aromatic carbocycles. The SMILES string of the molecule is C/C(=C/Cl)COc1ccccc1CN. The molecule has 0 bridgehead atoms. The van der Waals surface area contributed by atoms with Gasteiger partial charge < -0.3 is 10.5 Å². The number of benzene rings is 1. The van der Waals surface area contributed by atoms with E-state index in [2.05, 4.69) is 0 Å². The van der Waals surface area contributed by atoms with Gasteiger partial charge in [0.25, 0.3) is 0 Å². The van der Waals surface area contributed by atoms with Gasteiger partial charge in [-0.25, -0.2) is 0 Å². The van der Waals surface area contributed by atoms with Crippen molar-refractivity contribution in [3.63, 3.8) is 0 Å². The molecule has 0 saturated heterocycles. The van der Waals surface area contributed by atoms with Crippen LogP contribution in [0.15, 0.2) is 35.4 Å². The lowest BCUT2D eigenvalue weighted by molar-refractivity contribution is 0.348. The summed E-state index contributed by atoms with van der Waals surface area (Å²) < 4.78 is 5.55. The minimum atomic E-state index is 0.486. The molecule has 0 amide bonds. The second-order valence-electron chi connectivity index (χ2n) is 3.06. The molecule has 0 aliphatic heterocycles. The molecule has 0 atom stereocenters. The Balaban J connectivity index is 2.66. The summed E-state index contributed by atoms with van der Waals surface area (Å²) >= 11 is 5.53. The van der Waals surface area contributed by atoms with Gasteiger partial charge in [0.2, 0.25) is 0 Å². The molecule has 2 nitrogen and oxygen atoms in total. The third kappa shape index (κ3) is 3.05. The highest BCUT2D eigenvalue weighted by molar-refractivity contribution is 6.25. The maximum Gasteiger partial charge on any atom is 0.124 e. The quantitative estimate of drug-likeness (QED) is 0.831. The van der Waals surface area contributed by atoms with Gasteiger partial charge in [-0.15, -0.1) is 0 Å². The van der Waals surface area contributed by atoms with Crippen LogP contribution >= 0.6 is 11.6 Å². The lowest BCUT2D eigenvalue weighted by atomic mass is 10.2. The zero-order chi connectivity index (χ0) is 10.4. The van der Waals surface area contributed by atoms with Crippen molar-refractivity contribution in [3.8, 4) is 5.75 Å². The maximum absolute atomic E-state index is 5.57. The second-order valence-corrected chi connectivity index (χ2v) is 3.27. The highest BCUT2D eigenvalue weighted by Crippen LogP contribution is 2.17.